The molecule has 1 aromatic carbocycles. The van der Waals surface area contributed by atoms with Crippen molar-refractivity contribution in [3.05, 3.63) is 59.0 Å². The zero-order valence-electron chi connectivity index (χ0n) is 10.8. The summed E-state index contributed by atoms with van der Waals surface area (Å²) in [5.74, 6) is -1.53. The van der Waals surface area contributed by atoms with Crippen LogP contribution in [0.3, 0.4) is 0 Å². The van der Waals surface area contributed by atoms with E-state index in [1.807, 2.05) is 6.07 Å². The van der Waals surface area contributed by atoms with Gasteiger partial charge in [0, 0.05) is 17.8 Å². The Bertz CT molecular complexity index is 883. The van der Waals surface area contributed by atoms with E-state index in [9.17, 15) is 8.78 Å². The molecule has 8 heteroatoms. The molecular formula is C14H6ClF2N5. The number of hydrogen-bond donors (Lipinski definition) is 0. The summed E-state index contributed by atoms with van der Waals surface area (Å²) >= 11 is 5.73. The molecule has 0 aliphatic carbocycles. The molecule has 0 N–H and O–H groups in total. The van der Waals surface area contributed by atoms with Crippen LogP contribution in [0.1, 0.15) is 5.69 Å². The summed E-state index contributed by atoms with van der Waals surface area (Å²) in [5.41, 5.74) is 0.694. The summed E-state index contributed by atoms with van der Waals surface area (Å²) in [6.45, 7) is 0. The van der Waals surface area contributed by atoms with E-state index in [2.05, 4.69) is 15.3 Å². The van der Waals surface area contributed by atoms with Gasteiger partial charge in [-0.25, -0.2) is 18.4 Å². The summed E-state index contributed by atoms with van der Waals surface area (Å²) < 4.78 is 28.1. The quantitative estimate of drug-likeness (QED) is 0.681. The fraction of sp³-hybridized carbons (Fsp3) is 0. The lowest BCUT2D eigenvalue weighted by Crippen LogP contribution is -2.03. The molecule has 0 saturated heterocycles. The summed E-state index contributed by atoms with van der Waals surface area (Å²) in [6, 6.07) is 8.04. The summed E-state index contributed by atoms with van der Waals surface area (Å²) in [7, 11) is 0. The van der Waals surface area contributed by atoms with E-state index in [0.29, 0.717) is 5.56 Å². The van der Waals surface area contributed by atoms with E-state index in [-0.39, 0.29) is 22.2 Å². The van der Waals surface area contributed by atoms with Gasteiger partial charge >= 0.3 is 0 Å². The van der Waals surface area contributed by atoms with Crippen LogP contribution in [0.25, 0.3) is 16.9 Å². The van der Waals surface area contributed by atoms with Gasteiger partial charge in [0.2, 0.25) is 0 Å². The molecule has 5 nitrogen and oxygen atoms in total. The van der Waals surface area contributed by atoms with Crippen LogP contribution in [0.15, 0.2) is 36.5 Å². The van der Waals surface area contributed by atoms with E-state index in [1.54, 1.807) is 6.07 Å². The molecule has 0 aliphatic rings. The largest absolute Gasteiger partial charge is 0.244 e. The highest BCUT2D eigenvalue weighted by Gasteiger charge is 2.19. The molecule has 0 saturated carbocycles. The van der Waals surface area contributed by atoms with Crippen molar-refractivity contribution in [1.82, 2.24) is 20.0 Å². The molecule has 2 aromatic heterocycles. The highest BCUT2D eigenvalue weighted by Crippen LogP contribution is 2.26. The van der Waals surface area contributed by atoms with Crippen LogP contribution in [0.5, 0.6) is 0 Å². The van der Waals surface area contributed by atoms with Gasteiger partial charge < -0.3 is 0 Å². The third kappa shape index (κ3) is 2.40. The topological polar surface area (TPSA) is 67.4 Å². The van der Waals surface area contributed by atoms with E-state index < -0.39 is 11.6 Å². The molecule has 22 heavy (non-hydrogen) atoms. The molecule has 3 aromatic rings. The molecule has 3 rings (SSSR count). The standard InChI is InChI=1S/C14H6ClF2N5/c15-13-4-1-8(7-19-13)14-11(6-18)20-21-22(14)12-3-2-9(16)5-10(12)17/h1-5,7H. The van der Waals surface area contributed by atoms with Gasteiger partial charge in [-0.1, -0.05) is 16.8 Å². The van der Waals surface area contributed by atoms with Crippen LogP contribution in [0, 0.1) is 23.0 Å². The van der Waals surface area contributed by atoms with Crippen molar-refractivity contribution >= 4 is 11.6 Å². The van der Waals surface area contributed by atoms with Crippen LogP contribution in [-0.4, -0.2) is 20.0 Å². The lowest BCUT2D eigenvalue weighted by molar-refractivity contribution is 0.572. The number of benzene rings is 1. The molecule has 0 amide bonds. The zero-order chi connectivity index (χ0) is 15.7. The fourth-order valence-electron chi connectivity index (χ4n) is 1.95. The number of hydrogen-bond acceptors (Lipinski definition) is 4. The maximum atomic E-state index is 14.0. The third-order valence-electron chi connectivity index (χ3n) is 2.91. The molecule has 0 aliphatic heterocycles. The van der Waals surface area contributed by atoms with Crippen LogP contribution >= 0.6 is 11.6 Å². The molecule has 0 radical (unpaired) electrons. The molecule has 0 bridgehead atoms. The molecule has 108 valence electrons. The SMILES string of the molecule is N#Cc1nnn(-c2ccc(F)cc2F)c1-c1ccc(Cl)nc1. The second kappa shape index (κ2) is 5.50. The molecule has 0 atom stereocenters. The van der Waals surface area contributed by atoms with Crippen LogP contribution in [0.4, 0.5) is 8.78 Å². The van der Waals surface area contributed by atoms with Crippen molar-refractivity contribution in [2.45, 2.75) is 0 Å². The lowest BCUT2D eigenvalue weighted by atomic mass is 10.1. The van der Waals surface area contributed by atoms with Crippen molar-refractivity contribution in [2.24, 2.45) is 0 Å². The predicted octanol–water partition coefficient (Wildman–Crippen LogP) is 3.13. The average molecular weight is 318 g/mol. The number of halogens is 3. The van der Waals surface area contributed by atoms with Gasteiger partial charge in [0.25, 0.3) is 0 Å². The summed E-state index contributed by atoms with van der Waals surface area (Å²) in [6.07, 6.45) is 1.42. The van der Waals surface area contributed by atoms with Gasteiger partial charge in [0.05, 0.1) is 0 Å². The Morgan fingerprint density at radius 1 is 1.18 bits per heavy atom. The first-order valence-electron chi connectivity index (χ1n) is 6.03. The van der Waals surface area contributed by atoms with E-state index in [4.69, 9.17) is 16.9 Å². The Kier molecular flexibility index (Phi) is 3.53. The van der Waals surface area contributed by atoms with Crippen molar-refractivity contribution in [1.29, 1.82) is 5.26 Å². The van der Waals surface area contributed by atoms with Crippen LogP contribution < -0.4 is 0 Å². The smallest absolute Gasteiger partial charge is 0.191 e. The van der Waals surface area contributed by atoms with Crippen LogP contribution in [-0.2, 0) is 0 Å². The number of nitrogens with zero attached hydrogens (tertiary/aromatic N) is 5. The number of aromatic nitrogens is 4. The minimum absolute atomic E-state index is 0.00662. The van der Waals surface area contributed by atoms with Gasteiger partial charge in [-0.05, 0) is 24.3 Å². The molecule has 0 spiro atoms. The van der Waals surface area contributed by atoms with Gasteiger partial charge in [-0.2, -0.15) is 5.26 Å². The Morgan fingerprint density at radius 3 is 2.64 bits per heavy atom. The van der Waals surface area contributed by atoms with Gasteiger partial charge in [0.15, 0.2) is 11.5 Å². The Labute approximate surface area is 128 Å². The van der Waals surface area contributed by atoms with Crippen molar-refractivity contribution in [2.75, 3.05) is 0 Å². The Morgan fingerprint density at radius 2 is 2.00 bits per heavy atom. The maximum Gasteiger partial charge on any atom is 0.191 e. The van der Waals surface area contributed by atoms with Crippen molar-refractivity contribution in [3.8, 4) is 23.0 Å². The highest BCUT2D eigenvalue weighted by atomic mass is 35.5. The highest BCUT2D eigenvalue weighted by molar-refractivity contribution is 6.29. The first-order valence-corrected chi connectivity index (χ1v) is 6.41. The van der Waals surface area contributed by atoms with Gasteiger partial charge in [0.1, 0.15) is 28.4 Å². The molecule has 0 unspecified atom stereocenters. The lowest BCUT2D eigenvalue weighted by Gasteiger charge is -2.07. The minimum Gasteiger partial charge on any atom is -0.244 e. The zero-order valence-corrected chi connectivity index (χ0v) is 11.6. The fourth-order valence-corrected chi connectivity index (χ4v) is 2.07. The average Bonchev–Trinajstić information content (AvgIpc) is 2.92. The number of nitriles is 1. The Balaban J connectivity index is 2.24. The van der Waals surface area contributed by atoms with E-state index in [1.165, 1.54) is 18.3 Å². The van der Waals surface area contributed by atoms with E-state index in [0.717, 1.165) is 16.8 Å². The van der Waals surface area contributed by atoms with E-state index >= 15 is 0 Å². The monoisotopic (exact) mass is 317 g/mol. The van der Waals surface area contributed by atoms with Crippen LogP contribution in [0.2, 0.25) is 5.15 Å². The van der Waals surface area contributed by atoms with Gasteiger partial charge in [-0.15, -0.1) is 5.10 Å². The molecular weight excluding hydrogens is 312 g/mol. The third-order valence-corrected chi connectivity index (χ3v) is 3.14. The predicted molar refractivity (Wildman–Crippen MR) is 74.2 cm³/mol. The molecule has 0 fully saturated rings. The number of pyridine rings is 1. The first-order chi connectivity index (χ1) is 10.6. The molecule has 2 heterocycles. The van der Waals surface area contributed by atoms with Crippen molar-refractivity contribution < 1.29 is 8.78 Å². The number of rotatable bonds is 2. The summed E-state index contributed by atoms with van der Waals surface area (Å²) in [5, 5.41) is 16.9. The van der Waals surface area contributed by atoms with Crippen molar-refractivity contribution in [3.63, 3.8) is 0 Å². The Hall–Kier alpha value is -2.85. The second-order valence-electron chi connectivity index (χ2n) is 4.28. The normalized spacial score (nSPS) is 10.5. The summed E-state index contributed by atoms with van der Waals surface area (Å²) in [4.78, 5) is 3.92. The second-order valence-corrected chi connectivity index (χ2v) is 4.66. The van der Waals surface area contributed by atoms with Gasteiger partial charge in [-0.3, -0.25) is 0 Å². The first kappa shape index (κ1) is 14.1. The minimum atomic E-state index is -0.822. The maximum absolute atomic E-state index is 14.0.